The van der Waals surface area contributed by atoms with Crippen LogP contribution in [0, 0.1) is 27.6 Å². The van der Waals surface area contributed by atoms with Crippen LogP contribution in [0.3, 0.4) is 0 Å². The molecule has 57 heavy (non-hydrogen) atoms. The van der Waals surface area contributed by atoms with Gasteiger partial charge in [0.1, 0.15) is 24.0 Å². The van der Waals surface area contributed by atoms with E-state index in [9.17, 15) is 29.2 Å². The zero-order valence-corrected chi connectivity index (χ0v) is 33.7. The predicted molar refractivity (Wildman–Crippen MR) is 213 cm³/mol. The first kappa shape index (κ1) is 38.6. The number of rotatable bonds is 8. The predicted octanol–water partition coefficient (Wildman–Crippen LogP) is 5.85. The van der Waals surface area contributed by atoms with Crippen LogP contribution in [-0.2, 0) is 22.7 Å². The van der Waals surface area contributed by atoms with Crippen LogP contribution in [0.4, 0.5) is 5.69 Å². The van der Waals surface area contributed by atoms with Gasteiger partial charge in [0.15, 0.2) is 0 Å². The lowest BCUT2D eigenvalue weighted by atomic mass is 9.49. The second-order valence-corrected chi connectivity index (χ2v) is 18.3. The summed E-state index contributed by atoms with van der Waals surface area (Å²) in [6.07, 6.45) is 2.01. The summed E-state index contributed by atoms with van der Waals surface area (Å²) in [6.45, 7) is 14.7. The average molecular weight is 791 g/mol. The zero-order chi connectivity index (χ0) is 40.6. The number of nitrogens with zero attached hydrogens (tertiary/aromatic N) is 4. The van der Waals surface area contributed by atoms with Crippen molar-refractivity contribution in [3.63, 3.8) is 0 Å². The molecule has 0 radical (unpaired) electrons. The number of anilines is 1. The second kappa shape index (κ2) is 14.0. The van der Waals surface area contributed by atoms with Gasteiger partial charge in [-0.15, -0.1) is 0 Å². The largest absolute Gasteiger partial charge is 0.489 e. The number of amides is 5. The van der Waals surface area contributed by atoms with Crippen molar-refractivity contribution in [1.29, 1.82) is 5.26 Å². The molecule has 296 valence electrons. The van der Waals surface area contributed by atoms with E-state index >= 15 is 0 Å². The molecule has 2 N–H and O–H groups in total. The van der Waals surface area contributed by atoms with Crippen LogP contribution in [0.5, 0.6) is 5.75 Å². The zero-order valence-electron chi connectivity index (χ0n) is 32.9. The minimum absolute atomic E-state index is 0.0750. The van der Waals surface area contributed by atoms with Gasteiger partial charge >= 0.3 is 0 Å². The fraction of sp³-hybridized carbons (Fsp3) is 0.455. The maximum absolute atomic E-state index is 13.5. The van der Waals surface area contributed by atoms with Gasteiger partial charge in [0.25, 0.3) is 17.7 Å². The molecule has 2 saturated heterocycles. The molecule has 1 saturated carbocycles. The van der Waals surface area contributed by atoms with E-state index < -0.39 is 29.7 Å². The summed E-state index contributed by atoms with van der Waals surface area (Å²) in [5, 5.41) is 15.1. The quantitative estimate of drug-likeness (QED) is 0.268. The molecular formula is C44H47ClN6O6. The molecular weight excluding hydrogens is 744 g/mol. The number of piperidine rings is 2. The number of nitrogens with one attached hydrogen (secondary N) is 2. The fourth-order valence-corrected chi connectivity index (χ4v) is 10.4. The third kappa shape index (κ3) is 6.74. The van der Waals surface area contributed by atoms with Crippen LogP contribution < -0.4 is 20.3 Å². The third-order valence-electron chi connectivity index (χ3n) is 13.0. The van der Waals surface area contributed by atoms with Crippen molar-refractivity contribution >= 4 is 46.8 Å². The highest BCUT2D eigenvalue weighted by atomic mass is 35.5. The number of carbonyl (C=O) groups is 5. The Morgan fingerprint density at radius 1 is 0.912 bits per heavy atom. The Morgan fingerprint density at radius 2 is 1.53 bits per heavy atom. The van der Waals surface area contributed by atoms with E-state index in [2.05, 4.69) is 61.1 Å². The van der Waals surface area contributed by atoms with Crippen LogP contribution >= 0.6 is 11.6 Å². The second-order valence-electron chi connectivity index (χ2n) is 17.9. The van der Waals surface area contributed by atoms with Crippen LogP contribution in [0.1, 0.15) is 108 Å². The first-order chi connectivity index (χ1) is 27.0. The van der Waals surface area contributed by atoms with E-state index in [1.54, 1.807) is 18.2 Å². The smallest absolute Gasteiger partial charge is 0.262 e. The summed E-state index contributed by atoms with van der Waals surface area (Å²) in [5.41, 5.74) is 4.13. The van der Waals surface area contributed by atoms with E-state index in [1.165, 1.54) is 0 Å². The Labute approximate surface area is 337 Å². The molecule has 1 unspecified atom stereocenters. The van der Waals surface area contributed by atoms with E-state index in [0.717, 1.165) is 54.2 Å². The number of hydrogen-bond acceptors (Lipinski definition) is 9. The maximum atomic E-state index is 13.5. The maximum Gasteiger partial charge on any atom is 0.262 e. The van der Waals surface area contributed by atoms with Crippen LogP contribution in [0.15, 0.2) is 54.6 Å². The molecule has 5 aliphatic rings. The molecule has 8 rings (SSSR count). The highest BCUT2D eigenvalue weighted by molar-refractivity contribution is 6.31. The van der Waals surface area contributed by atoms with Crippen molar-refractivity contribution < 1.29 is 28.7 Å². The van der Waals surface area contributed by atoms with Crippen molar-refractivity contribution in [2.75, 3.05) is 24.5 Å². The number of hydrogen-bond donors (Lipinski definition) is 2. The Bertz CT molecular complexity index is 2190. The summed E-state index contributed by atoms with van der Waals surface area (Å²) in [4.78, 5) is 70.1. The van der Waals surface area contributed by atoms with Gasteiger partial charge in [-0.2, -0.15) is 5.26 Å². The van der Waals surface area contributed by atoms with Gasteiger partial charge in [0.05, 0.1) is 21.7 Å². The van der Waals surface area contributed by atoms with Crippen LogP contribution in [0.25, 0.3) is 0 Å². The van der Waals surface area contributed by atoms with Gasteiger partial charge in [-0.1, -0.05) is 46.2 Å². The molecule has 12 nitrogen and oxygen atoms in total. The standard InChI is InChI=1S/C44H47ClN6O6/c1-42(2)40(43(3,4)41(42)57-30-11-8-26(21-46)33(45)20-30)48-36(53)25-6-9-29(10-7-25)50-16-14-44(5,15-17-50)24-49-22-27-18-31-32(19-28(27)23-49)39(56)51(38(31)55)34-12-13-35(52)47-37(34)54/h6-11,18-20,34,40-41H,12-17,22-24H2,1-5H3,(H,48,53)(H,47,52,54)/t34?,40-,41-. The van der Waals surface area contributed by atoms with Gasteiger partial charge in [-0.05, 0) is 84.3 Å². The van der Waals surface area contributed by atoms with Crippen molar-refractivity contribution in [2.24, 2.45) is 16.2 Å². The van der Waals surface area contributed by atoms with Crippen molar-refractivity contribution in [1.82, 2.24) is 20.4 Å². The SMILES string of the molecule is CC1(CN2Cc3cc4c(cc3C2)C(=O)N(C2CCC(=O)NC2=O)C4=O)CCN(c2ccc(C(=O)N[C@H]3C(C)(C)[C@H](Oc4ccc(C#N)c(Cl)c4)C3(C)C)cc2)CC1. The summed E-state index contributed by atoms with van der Waals surface area (Å²) in [6, 6.07) is 17.5. The Morgan fingerprint density at radius 3 is 2.09 bits per heavy atom. The molecule has 4 heterocycles. The fourth-order valence-electron chi connectivity index (χ4n) is 10.2. The number of benzene rings is 3. The van der Waals surface area contributed by atoms with E-state index in [1.807, 2.05) is 36.4 Å². The molecule has 1 aliphatic carbocycles. The molecule has 3 aromatic rings. The van der Waals surface area contributed by atoms with Crippen molar-refractivity contribution in [3.05, 3.63) is 93.0 Å². The molecule has 3 fully saturated rings. The minimum Gasteiger partial charge on any atom is -0.489 e. The van der Waals surface area contributed by atoms with Crippen molar-refractivity contribution in [3.8, 4) is 11.8 Å². The number of fused-ring (bicyclic) bond motifs is 2. The summed E-state index contributed by atoms with van der Waals surface area (Å²) in [7, 11) is 0. The van der Waals surface area contributed by atoms with E-state index in [4.69, 9.17) is 16.3 Å². The van der Waals surface area contributed by atoms with Gasteiger partial charge < -0.3 is 15.0 Å². The lowest BCUT2D eigenvalue weighted by Crippen LogP contribution is -2.74. The van der Waals surface area contributed by atoms with Crippen LogP contribution in [-0.4, -0.2) is 77.2 Å². The molecule has 5 amide bonds. The third-order valence-corrected chi connectivity index (χ3v) is 13.4. The molecule has 0 aromatic heterocycles. The number of carbonyl (C=O) groups excluding carboxylic acids is 5. The lowest BCUT2D eigenvalue weighted by Gasteiger charge is -2.63. The topological polar surface area (TPSA) is 152 Å². The number of ether oxygens (including phenoxy) is 1. The first-order valence-corrected chi connectivity index (χ1v) is 20.0. The minimum atomic E-state index is -0.971. The monoisotopic (exact) mass is 790 g/mol. The highest BCUT2D eigenvalue weighted by Crippen LogP contribution is 2.55. The number of imide groups is 2. The molecule has 0 bridgehead atoms. The summed E-state index contributed by atoms with van der Waals surface area (Å²) in [5.74, 6) is -1.49. The molecule has 1 atom stereocenters. The average Bonchev–Trinajstić information content (AvgIpc) is 3.67. The summed E-state index contributed by atoms with van der Waals surface area (Å²) < 4.78 is 6.38. The van der Waals surface area contributed by atoms with Gasteiger partial charge in [-0.3, -0.25) is 39.1 Å². The van der Waals surface area contributed by atoms with E-state index in [0.29, 0.717) is 46.1 Å². The van der Waals surface area contributed by atoms with Crippen LogP contribution in [0.2, 0.25) is 5.02 Å². The summed E-state index contributed by atoms with van der Waals surface area (Å²) >= 11 is 6.25. The molecule has 3 aromatic carbocycles. The van der Waals surface area contributed by atoms with Gasteiger partial charge in [-0.25, -0.2) is 0 Å². The van der Waals surface area contributed by atoms with Gasteiger partial charge in [0.2, 0.25) is 11.8 Å². The van der Waals surface area contributed by atoms with Gasteiger partial charge in [0, 0.05) is 73.3 Å². The van der Waals surface area contributed by atoms with Crippen molar-refractivity contribution in [2.45, 2.75) is 91.6 Å². The lowest BCUT2D eigenvalue weighted by molar-refractivity contribution is -0.164. The highest BCUT2D eigenvalue weighted by Gasteiger charge is 2.64. The first-order valence-electron chi connectivity index (χ1n) is 19.6. The Hall–Kier alpha value is -5.25. The number of nitriles is 1. The number of halogens is 1. The normalized spacial score (nSPS) is 24.6. The van der Waals surface area contributed by atoms with E-state index in [-0.39, 0.29) is 47.1 Å². The Balaban J connectivity index is 0.838. The Kier molecular flexibility index (Phi) is 9.48. The molecule has 0 spiro atoms. The molecule has 13 heteroatoms. The molecule has 4 aliphatic heterocycles.